The highest BCUT2D eigenvalue weighted by Gasteiger charge is 2.34. The summed E-state index contributed by atoms with van der Waals surface area (Å²) >= 11 is 6.29. The predicted molar refractivity (Wildman–Crippen MR) is 123 cm³/mol. The molecular weight excluding hydrogens is 459 g/mol. The Labute approximate surface area is 200 Å². The highest BCUT2D eigenvalue weighted by Crippen LogP contribution is 2.33. The summed E-state index contributed by atoms with van der Waals surface area (Å²) in [5.41, 5.74) is 2.58. The molecule has 3 heterocycles. The first-order valence-electron chi connectivity index (χ1n) is 10.7. The third-order valence-corrected chi connectivity index (χ3v) is 6.03. The Hall–Kier alpha value is -3.69. The molecule has 1 amide bonds. The normalized spacial score (nSPS) is 18.1. The number of carbonyl (C=O) groups excluding carboxylic acids is 1. The standard InChI is InChI=1S/C24H20ClFN6O2/c25-18-3-5-22(32-29-8-9-30-32)20(12-18)23-14-34-13-19(31(23)15-33)11-17-10-16(2-4-21(17)26)24-27-6-1-7-28-24/h1-10,12,15,19,23H,11,13-14H2/t19-,23?/m1/s1. The van der Waals surface area contributed by atoms with Gasteiger partial charge in [-0.25, -0.2) is 14.4 Å². The van der Waals surface area contributed by atoms with E-state index in [9.17, 15) is 9.18 Å². The fourth-order valence-electron chi connectivity index (χ4n) is 4.20. The van der Waals surface area contributed by atoms with Crippen LogP contribution in [0.5, 0.6) is 0 Å². The van der Waals surface area contributed by atoms with E-state index in [0.717, 1.165) is 12.0 Å². The maximum absolute atomic E-state index is 14.8. The van der Waals surface area contributed by atoms with Crippen LogP contribution in [-0.4, -0.2) is 55.5 Å². The highest BCUT2D eigenvalue weighted by molar-refractivity contribution is 6.30. The lowest BCUT2D eigenvalue weighted by molar-refractivity contribution is -0.132. The average molecular weight is 479 g/mol. The van der Waals surface area contributed by atoms with Crippen LogP contribution in [0.25, 0.3) is 17.1 Å². The number of halogens is 2. The van der Waals surface area contributed by atoms with Crippen LogP contribution in [0.3, 0.4) is 0 Å². The molecule has 1 fully saturated rings. The van der Waals surface area contributed by atoms with E-state index in [-0.39, 0.29) is 25.5 Å². The Morgan fingerprint density at radius 3 is 2.62 bits per heavy atom. The molecular formula is C24H20ClFN6O2. The first-order valence-corrected chi connectivity index (χ1v) is 11.0. The van der Waals surface area contributed by atoms with Crippen molar-refractivity contribution in [2.75, 3.05) is 13.2 Å². The Balaban J connectivity index is 1.47. The second-order valence-electron chi connectivity index (χ2n) is 7.86. The Bertz CT molecular complexity index is 1290. The van der Waals surface area contributed by atoms with Gasteiger partial charge in [0.15, 0.2) is 5.82 Å². The van der Waals surface area contributed by atoms with E-state index in [1.807, 2.05) is 0 Å². The third-order valence-electron chi connectivity index (χ3n) is 5.80. The third kappa shape index (κ3) is 4.40. The number of carbonyl (C=O) groups is 1. The molecule has 4 aromatic rings. The van der Waals surface area contributed by atoms with Crippen molar-refractivity contribution in [2.45, 2.75) is 18.5 Å². The monoisotopic (exact) mass is 478 g/mol. The molecule has 2 aromatic heterocycles. The molecule has 0 spiro atoms. The fourth-order valence-corrected chi connectivity index (χ4v) is 4.38. The van der Waals surface area contributed by atoms with Crippen LogP contribution in [0, 0.1) is 5.82 Å². The Morgan fingerprint density at radius 1 is 1.06 bits per heavy atom. The van der Waals surface area contributed by atoms with E-state index in [1.54, 1.807) is 66.1 Å². The van der Waals surface area contributed by atoms with Crippen molar-refractivity contribution in [3.8, 4) is 17.1 Å². The zero-order valence-electron chi connectivity index (χ0n) is 18.0. The van der Waals surface area contributed by atoms with Gasteiger partial charge >= 0.3 is 0 Å². The van der Waals surface area contributed by atoms with Gasteiger partial charge < -0.3 is 9.64 Å². The molecule has 2 atom stereocenters. The Kier molecular flexibility index (Phi) is 6.29. The number of ether oxygens (including phenoxy) is 1. The van der Waals surface area contributed by atoms with Crippen molar-refractivity contribution >= 4 is 18.0 Å². The van der Waals surface area contributed by atoms with E-state index in [1.165, 1.54) is 10.9 Å². The van der Waals surface area contributed by atoms with Crippen LogP contribution < -0.4 is 0 Å². The lowest BCUT2D eigenvalue weighted by Crippen LogP contribution is -2.48. The van der Waals surface area contributed by atoms with Crippen molar-refractivity contribution in [1.82, 2.24) is 29.9 Å². The molecule has 10 heteroatoms. The number of rotatable bonds is 6. The van der Waals surface area contributed by atoms with Crippen molar-refractivity contribution in [3.63, 3.8) is 0 Å². The van der Waals surface area contributed by atoms with E-state index in [2.05, 4.69) is 20.2 Å². The fraction of sp³-hybridized carbons (Fsp3) is 0.208. The summed E-state index contributed by atoms with van der Waals surface area (Å²) in [5.74, 6) is 0.140. The van der Waals surface area contributed by atoms with Crippen LogP contribution in [0.15, 0.2) is 67.3 Å². The number of aromatic nitrogens is 5. The first-order chi connectivity index (χ1) is 16.6. The molecule has 2 aromatic carbocycles. The highest BCUT2D eigenvalue weighted by atomic mass is 35.5. The molecule has 34 heavy (non-hydrogen) atoms. The minimum absolute atomic E-state index is 0.262. The number of morpholine rings is 1. The van der Waals surface area contributed by atoms with E-state index < -0.39 is 12.1 Å². The number of hydrogen-bond donors (Lipinski definition) is 0. The zero-order valence-corrected chi connectivity index (χ0v) is 18.7. The van der Waals surface area contributed by atoms with Crippen LogP contribution in [0.4, 0.5) is 4.39 Å². The smallest absolute Gasteiger partial charge is 0.210 e. The maximum atomic E-state index is 14.8. The summed E-state index contributed by atoms with van der Waals surface area (Å²) in [6.07, 6.45) is 7.45. The van der Waals surface area contributed by atoms with Crippen molar-refractivity contribution in [1.29, 1.82) is 0 Å². The molecule has 0 saturated carbocycles. The minimum atomic E-state index is -0.445. The Morgan fingerprint density at radius 2 is 1.85 bits per heavy atom. The average Bonchev–Trinajstić information content (AvgIpc) is 3.40. The van der Waals surface area contributed by atoms with Crippen molar-refractivity contribution < 1.29 is 13.9 Å². The van der Waals surface area contributed by atoms with Gasteiger partial charge in [0.25, 0.3) is 0 Å². The molecule has 1 unspecified atom stereocenters. The number of benzene rings is 2. The molecule has 1 aliphatic rings. The molecule has 0 bridgehead atoms. The van der Waals surface area contributed by atoms with Crippen LogP contribution in [0.2, 0.25) is 5.02 Å². The van der Waals surface area contributed by atoms with Crippen LogP contribution in [0.1, 0.15) is 17.2 Å². The molecule has 8 nitrogen and oxygen atoms in total. The molecule has 0 aliphatic carbocycles. The van der Waals surface area contributed by atoms with Gasteiger partial charge in [-0.3, -0.25) is 4.79 Å². The summed E-state index contributed by atoms with van der Waals surface area (Å²) < 4.78 is 20.6. The van der Waals surface area contributed by atoms with Gasteiger partial charge in [0.2, 0.25) is 6.41 Å². The van der Waals surface area contributed by atoms with E-state index in [0.29, 0.717) is 27.7 Å². The van der Waals surface area contributed by atoms with Gasteiger partial charge in [-0.1, -0.05) is 11.6 Å². The second-order valence-corrected chi connectivity index (χ2v) is 8.30. The lowest BCUT2D eigenvalue weighted by Gasteiger charge is -2.40. The summed E-state index contributed by atoms with van der Waals surface area (Å²) in [5, 5.41) is 8.94. The van der Waals surface area contributed by atoms with E-state index in [4.69, 9.17) is 16.3 Å². The van der Waals surface area contributed by atoms with Gasteiger partial charge in [0.05, 0.1) is 43.4 Å². The lowest BCUT2D eigenvalue weighted by atomic mass is 9.96. The molecule has 0 radical (unpaired) electrons. The number of hydrogen-bond acceptors (Lipinski definition) is 6. The zero-order chi connectivity index (χ0) is 23.5. The quantitative estimate of drug-likeness (QED) is 0.393. The van der Waals surface area contributed by atoms with Crippen molar-refractivity contribution in [3.05, 3.63) is 89.2 Å². The molecule has 0 N–H and O–H groups in total. The molecule has 172 valence electrons. The largest absolute Gasteiger partial charge is 0.377 e. The van der Waals surface area contributed by atoms with Crippen molar-refractivity contribution in [2.24, 2.45) is 0 Å². The maximum Gasteiger partial charge on any atom is 0.210 e. The van der Waals surface area contributed by atoms with Crippen LogP contribution >= 0.6 is 11.6 Å². The van der Waals surface area contributed by atoms with Gasteiger partial charge in [0.1, 0.15) is 5.82 Å². The summed E-state index contributed by atoms with van der Waals surface area (Å²) in [4.78, 5) is 23.9. The van der Waals surface area contributed by atoms with Gasteiger partial charge in [-0.2, -0.15) is 15.0 Å². The minimum Gasteiger partial charge on any atom is -0.377 e. The first kappa shape index (κ1) is 22.1. The number of amides is 1. The van der Waals surface area contributed by atoms with E-state index >= 15 is 0 Å². The SMILES string of the molecule is O=CN1C(c2cc(Cl)ccc2-n2nccn2)COC[C@H]1Cc1cc(-c2ncccn2)ccc1F. The van der Waals surface area contributed by atoms with Gasteiger partial charge in [-0.15, -0.1) is 0 Å². The summed E-state index contributed by atoms with van der Waals surface area (Å²) in [6.45, 7) is 0.543. The topological polar surface area (TPSA) is 86.0 Å². The molecule has 1 saturated heterocycles. The predicted octanol–water partition coefficient (Wildman–Crippen LogP) is 3.66. The van der Waals surface area contributed by atoms with Crippen LogP contribution in [-0.2, 0) is 16.0 Å². The van der Waals surface area contributed by atoms with Gasteiger partial charge in [0, 0.05) is 28.5 Å². The molecule has 1 aliphatic heterocycles. The van der Waals surface area contributed by atoms with Gasteiger partial charge in [-0.05, 0) is 54.4 Å². The summed E-state index contributed by atoms with van der Waals surface area (Å²) in [7, 11) is 0. The molecule has 5 rings (SSSR count). The second kappa shape index (κ2) is 9.66. The summed E-state index contributed by atoms with van der Waals surface area (Å²) in [6, 6.07) is 11.0. The number of nitrogens with zero attached hydrogens (tertiary/aromatic N) is 6.